The Labute approximate surface area is 101 Å². The first-order valence-corrected chi connectivity index (χ1v) is 5.84. The normalized spacial score (nSPS) is 11.0. The van der Waals surface area contributed by atoms with E-state index in [1.165, 1.54) is 0 Å². The van der Waals surface area contributed by atoms with Crippen LogP contribution in [0.2, 0.25) is 5.15 Å². The van der Waals surface area contributed by atoms with Crippen molar-refractivity contribution >= 4 is 11.6 Å². The van der Waals surface area contributed by atoms with Crippen molar-refractivity contribution in [2.75, 3.05) is 0 Å². The second-order valence-corrected chi connectivity index (χ2v) is 4.69. The zero-order chi connectivity index (χ0) is 11.5. The molecule has 0 amide bonds. The lowest BCUT2D eigenvalue weighted by Gasteiger charge is -2.02. The summed E-state index contributed by atoms with van der Waals surface area (Å²) >= 11 is 6.16. The van der Waals surface area contributed by atoms with Crippen molar-refractivity contribution in [3.63, 3.8) is 0 Å². The summed E-state index contributed by atoms with van der Waals surface area (Å²) in [5.74, 6) is 0.593. The quantitative estimate of drug-likeness (QED) is 0.792. The fraction of sp³-hybridized carbons (Fsp3) is 0.308. The molecule has 0 fully saturated rings. The SMILES string of the molecule is CC(C)Cc1cc(Cl)n(-c2ccccc2)n1. The van der Waals surface area contributed by atoms with Crippen LogP contribution in [0.25, 0.3) is 5.69 Å². The minimum Gasteiger partial charge on any atom is -0.222 e. The first kappa shape index (κ1) is 11.2. The molecule has 1 heterocycles. The third kappa shape index (κ3) is 2.45. The van der Waals surface area contributed by atoms with E-state index < -0.39 is 0 Å². The van der Waals surface area contributed by atoms with Gasteiger partial charge in [-0.2, -0.15) is 5.10 Å². The topological polar surface area (TPSA) is 17.8 Å². The molecule has 16 heavy (non-hydrogen) atoms. The molecule has 0 N–H and O–H groups in total. The van der Waals surface area contributed by atoms with Crippen LogP contribution in [0, 0.1) is 5.92 Å². The summed E-state index contributed by atoms with van der Waals surface area (Å²) in [5.41, 5.74) is 2.05. The largest absolute Gasteiger partial charge is 0.222 e. The third-order valence-electron chi connectivity index (χ3n) is 2.33. The van der Waals surface area contributed by atoms with Crippen LogP contribution in [0.3, 0.4) is 0 Å². The van der Waals surface area contributed by atoms with Crippen LogP contribution < -0.4 is 0 Å². The van der Waals surface area contributed by atoms with Gasteiger partial charge in [-0.1, -0.05) is 43.6 Å². The monoisotopic (exact) mass is 234 g/mol. The molecule has 3 heteroatoms. The predicted octanol–water partition coefficient (Wildman–Crippen LogP) is 3.72. The van der Waals surface area contributed by atoms with Crippen molar-refractivity contribution in [3.8, 4) is 5.69 Å². The Morgan fingerprint density at radius 3 is 2.56 bits per heavy atom. The lowest BCUT2D eigenvalue weighted by Crippen LogP contribution is -1.99. The van der Waals surface area contributed by atoms with Gasteiger partial charge in [0, 0.05) is 0 Å². The van der Waals surface area contributed by atoms with Gasteiger partial charge < -0.3 is 0 Å². The minimum absolute atomic E-state index is 0.593. The molecule has 0 spiro atoms. The number of hydrogen-bond acceptors (Lipinski definition) is 1. The molecule has 0 aliphatic heterocycles. The Kier molecular flexibility index (Phi) is 3.30. The molecule has 0 unspecified atom stereocenters. The smallest absolute Gasteiger partial charge is 0.133 e. The second-order valence-electron chi connectivity index (χ2n) is 4.30. The van der Waals surface area contributed by atoms with Crippen LogP contribution in [-0.4, -0.2) is 9.78 Å². The van der Waals surface area contributed by atoms with Gasteiger partial charge in [0.2, 0.25) is 0 Å². The Hall–Kier alpha value is -1.28. The fourth-order valence-electron chi connectivity index (χ4n) is 1.67. The van der Waals surface area contributed by atoms with E-state index in [9.17, 15) is 0 Å². The summed E-state index contributed by atoms with van der Waals surface area (Å²) in [4.78, 5) is 0. The summed E-state index contributed by atoms with van der Waals surface area (Å²) in [6, 6.07) is 11.9. The highest BCUT2D eigenvalue weighted by Gasteiger charge is 2.08. The number of rotatable bonds is 3. The van der Waals surface area contributed by atoms with E-state index in [4.69, 9.17) is 11.6 Å². The van der Waals surface area contributed by atoms with Crippen molar-refractivity contribution in [3.05, 3.63) is 47.2 Å². The van der Waals surface area contributed by atoms with Gasteiger partial charge in [-0.25, -0.2) is 4.68 Å². The van der Waals surface area contributed by atoms with Gasteiger partial charge >= 0.3 is 0 Å². The molecule has 0 saturated heterocycles. The van der Waals surface area contributed by atoms with Crippen LogP contribution in [-0.2, 0) is 6.42 Å². The van der Waals surface area contributed by atoms with E-state index >= 15 is 0 Å². The molecule has 0 bridgehead atoms. The van der Waals surface area contributed by atoms with E-state index in [0.717, 1.165) is 17.8 Å². The molecule has 2 rings (SSSR count). The Morgan fingerprint density at radius 2 is 1.94 bits per heavy atom. The van der Waals surface area contributed by atoms with E-state index in [1.807, 2.05) is 36.4 Å². The zero-order valence-electron chi connectivity index (χ0n) is 9.52. The maximum atomic E-state index is 6.16. The van der Waals surface area contributed by atoms with E-state index in [0.29, 0.717) is 11.1 Å². The van der Waals surface area contributed by atoms with E-state index in [2.05, 4.69) is 18.9 Å². The molecule has 0 atom stereocenters. The lowest BCUT2D eigenvalue weighted by atomic mass is 10.1. The van der Waals surface area contributed by atoms with Gasteiger partial charge in [-0.15, -0.1) is 0 Å². The first-order chi connectivity index (χ1) is 7.66. The van der Waals surface area contributed by atoms with Crippen LogP contribution in [0.5, 0.6) is 0 Å². The first-order valence-electron chi connectivity index (χ1n) is 5.46. The highest BCUT2D eigenvalue weighted by molar-refractivity contribution is 6.29. The molecule has 2 aromatic rings. The van der Waals surface area contributed by atoms with E-state index in [1.54, 1.807) is 4.68 Å². The maximum absolute atomic E-state index is 6.16. The molecule has 2 nitrogen and oxygen atoms in total. The van der Waals surface area contributed by atoms with Gasteiger partial charge in [0.25, 0.3) is 0 Å². The van der Waals surface area contributed by atoms with Gasteiger partial charge in [-0.3, -0.25) is 0 Å². The van der Waals surface area contributed by atoms with Crippen molar-refractivity contribution < 1.29 is 0 Å². The molecular weight excluding hydrogens is 220 g/mol. The molecule has 0 aliphatic carbocycles. The Bertz CT molecular complexity index is 460. The summed E-state index contributed by atoms with van der Waals surface area (Å²) < 4.78 is 1.78. The molecular formula is C13H15ClN2. The van der Waals surface area contributed by atoms with Gasteiger partial charge in [0.1, 0.15) is 5.15 Å². The number of halogens is 1. The average molecular weight is 235 g/mol. The molecule has 1 aromatic carbocycles. The van der Waals surface area contributed by atoms with Crippen LogP contribution in [0.15, 0.2) is 36.4 Å². The van der Waals surface area contributed by atoms with Gasteiger partial charge in [0.05, 0.1) is 11.4 Å². The number of benzene rings is 1. The molecule has 1 aromatic heterocycles. The van der Waals surface area contributed by atoms with Crippen molar-refractivity contribution in [2.24, 2.45) is 5.92 Å². The Morgan fingerprint density at radius 1 is 1.25 bits per heavy atom. The molecule has 84 valence electrons. The third-order valence-corrected chi connectivity index (χ3v) is 2.60. The minimum atomic E-state index is 0.593. The van der Waals surface area contributed by atoms with Crippen LogP contribution in [0.1, 0.15) is 19.5 Å². The van der Waals surface area contributed by atoms with Crippen molar-refractivity contribution in [1.82, 2.24) is 9.78 Å². The summed E-state index contributed by atoms with van der Waals surface area (Å²) in [6.07, 6.45) is 0.958. The van der Waals surface area contributed by atoms with Gasteiger partial charge in [-0.05, 0) is 30.5 Å². The van der Waals surface area contributed by atoms with Crippen LogP contribution in [0.4, 0.5) is 0 Å². The summed E-state index contributed by atoms with van der Waals surface area (Å²) in [5, 5.41) is 5.17. The molecule has 0 saturated carbocycles. The second kappa shape index (κ2) is 4.71. The Balaban J connectivity index is 2.32. The summed E-state index contributed by atoms with van der Waals surface area (Å²) in [6.45, 7) is 4.35. The summed E-state index contributed by atoms with van der Waals surface area (Å²) in [7, 11) is 0. The van der Waals surface area contributed by atoms with Crippen LogP contribution >= 0.6 is 11.6 Å². The van der Waals surface area contributed by atoms with E-state index in [-0.39, 0.29) is 0 Å². The average Bonchev–Trinajstić information content (AvgIpc) is 2.60. The highest BCUT2D eigenvalue weighted by Crippen LogP contribution is 2.18. The number of hydrogen-bond donors (Lipinski definition) is 0. The standard InChI is InChI=1S/C13H15ClN2/c1-10(2)8-11-9-13(14)16(15-11)12-6-4-3-5-7-12/h3-7,9-10H,8H2,1-2H3. The highest BCUT2D eigenvalue weighted by atomic mass is 35.5. The maximum Gasteiger partial charge on any atom is 0.133 e. The predicted molar refractivity (Wildman–Crippen MR) is 67.1 cm³/mol. The molecule has 0 radical (unpaired) electrons. The fourth-order valence-corrected chi connectivity index (χ4v) is 1.93. The number of para-hydroxylation sites is 1. The lowest BCUT2D eigenvalue weighted by molar-refractivity contribution is 0.628. The van der Waals surface area contributed by atoms with Crippen molar-refractivity contribution in [1.29, 1.82) is 0 Å². The molecule has 0 aliphatic rings. The number of nitrogens with zero attached hydrogens (tertiary/aromatic N) is 2. The van der Waals surface area contributed by atoms with Gasteiger partial charge in [0.15, 0.2) is 0 Å². The van der Waals surface area contributed by atoms with Crippen molar-refractivity contribution in [2.45, 2.75) is 20.3 Å². The number of aromatic nitrogens is 2. The zero-order valence-corrected chi connectivity index (χ0v) is 10.3.